The van der Waals surface area contributed by atoms with Gasteiger partial charge in [-0.1, -0.05) is 6.92 Å². The van der Waals surface area contributed by atoms with Crippen LogP contribution >= 0.6 is 0 Å². The fraction of sp³-hybridized carbons (Fsp3) is 0.750. The van der Waals surface area contributed by atoms with Crippen LogP contribution in [0.5, 0.6) is 0 Å². The van der Waals surface area contributed by atoms with Crippen molar-refractivity contribution < 1.29 is 53.1 Å². The molecule has 1 aromatic heterocycles. The van der Waals surface area contributed by atoms with Gasteiger partial charge in [-0.2, -0.15) is 0 Å². The van der Waals surface area contributed by atoms with E-state index in [9.17, 15) is 29.7 Å². The number of epoxide rings is 1. The molecule has 212 valence electrons. The largest absolute Gasteiger partial charge is 0.472 e. The molecule has 1 spiro atoms. The van der Waals surface area contributed by atoms with Gasteiger partial charge in [-0.15, -0.1) is 0 Å². The molecule has 0 amide bonds. The summed E-state index contributed by atoms with van der Waals surface area (Å²) in [6, 6.07) is 1.83. The molecule has 2 bridgehead atoms. The fourth-order valence-electron chi connectivity index (χ4n) is 9.84. The van der Waals surface area contributed by atoms with Gasteiger partial charge in [0.2, 0.25) is 0 Å². The van der Waals surface area contributed by atoms with E-state index in [0.29, 0.717) is 6.42 Å². The molecule has 7 rings (SSSR count). The molecule has 3 heterocycles. The summed E-state index contributed by atoms with van der Waals surface area (Å²) in [6.45, 7) is 4.10. The van der Waals surface area contributed by atoms with E-state index < -0.39 is 82.7 Å². The first kappa shape index (κ1) is 25.6. The third kappa shape index (κ3) is 3.03. The van der Waals surface area contributed by atoms with Crippen LogP contribution < -0.4 is 0 Å². The topological polar surface area (TPSA) is 165 Å². The number of furan rings is 1. The van der Waals surface area contributed by atoms with Crippen molar-refractivity contribution in [2.75, 3.05) is 6.61 Å². The number of ether oxygens (including phenoxy) is 4. The van der Waals surface area contributed by atoms with Crippen molar-refractivity contribution in [1.82, 2.24) is 0 Å². The summed E-state index contributed by atoms with van der Waals surface area (Å²) in [5.74, 6) is -4.55. The minimum atomic E-state index is -1.34. The number of hydrogen-bond acceptors (Lipinski definition) is 11. The minimum absolute atomic E-state index is 0.00378. The van der Waals surface area contributed by atoms with Crippen LogP contribution in [0.4, 0.5) is 0 Å². The van der Waals surface area contributed by atoms with Gasteiger partial charge in [-0.05, 0) is 36.3 Å². The van der Waals surface area contributed by atoms with Gasteiger partial charge in [-0.3, -0.25) is 14.4 Å². The lowest BCUT2D eigenvalue weighted by atomic mass is 9.38. The summed E-state index contributed by atoms with van der Waals surface area (Å²) in [5, 5.41) is 34.7. The molecule has 2 saturated heterocycles. The summed E-state index contributed by atoms with van der Waals surface area (Å²) in [4.78, 5) is 38.9. The second-order valence-electron chi connectivity index (χ2n) is 12.7. The first-order valence-electron chi connectivity index (χ1n) is 13.7. The van der Waals surface area contributed by atoms with E-state index in [0.717, 1.165) is 5.56 Å². The number of aliphatic hydroxyl groups is 3. The van der Waals surface area contributed by atoms with Crippen LogP contribution in [-0.2, 0) is 33.3 Å². The third-order valence-corrected chi connectivity index (χ3v) is 11.2. The highest BCUT2D eigenvalue weighted by Crippen LogP contribution is 2.75. The Labute approximate surface area is 224 Å². The molecule has 11 heteroatoms. The minimum Gasteiger partial charge on any atom is -0.472 e. The average Bonchev–Trinajstić information content (AvgIpc) is 3.19. The zero-order valence-corrected chi connectivity index (χ0v) is 22.0. The van der Waals surface area contributed by atoms with Crippen molar-refractivity contribution in [3.63, 3.8) is 0 Å². The number of aliphatic hydroxyl groups excluding tert-OH is 3. The molecule has 14 atom stereocenters. The molecule has 6 fully saturated rings. The standard InChI is InChI=1S/C28H34O11/c1-11(29)37-18-8-17(32)27-10-36-25(34)26(18,3)16(27)7-15(31)21-22(27)23(33)24(38-12(2)30)20-14(13-4-5-35-9-13)6-19-28(20,21)39-19/h4-5,9,14-22,24-25,31-32,34H,6-8,10H2,1-3H3. The molecule has 0 aromatic carbocycles. The average molecular weight is 547 g/mol. The van der Waals surface area contributed by atoms with Gasteiger partial charge in [0.25, 0.3) is 0 Å². The van der Waals surface area contributed by atoms with Crippen molar-refractivity contribution in [2.45, 2.75) is 88.4 Å². The zero-order chi connectivity index (χ0) is 27.6. The lowest BCUT2D eigenvalue weighted by Gasteiger charge is -2.69. The highest BCUT2D eigenvalue weighted by atomic mass is 16.6. The second-order valence-corrected chi connectivity index (χ2v) is 12.7. The maximum atomic E-state index is 14.6. The van der Waals surface area contributed by atoms with E-state index in [1.807, 2.05) is 6.07 Å². The Balaban J connectivity index is 1.38. The zero-order valence-electron chi connectivity index (χ0n) is 22.0. The van der Waals surface area contributed by atoms with Crippen LogP contribution in [0.2, 0.25) is 0 Å². The third-order valence-electron chi connectivity index (χ3n) is 11.2. The predicted octanol–water partition coefficient (Wildman–Crippen LogP) is 0.686. The van der Waals surface area contributed by atoms with Crippen molar-refractivity contribution >= 4 is 17.7 Å². The number of esters is 2. The summed E-state index contributed by atoms with van der Waals surface area (Å²) < 4.78 is 28.9. The lowest BCUT2D eigenvalue weighted by Crippen LogP contribution is -2.78. The van der Waals surface area contributed by atoms with E-state index in [-0.39, 0.29) is 37.3 Å². The lowest BCUT2D eigenvalue weighted by molar-refractivity contribution is -0.361. The number of rotatable bonds is 3. The van der Waals surface area contributed by atoms with E-state index in [1.165, 1.54) is 13.8 Å². The summed E-state index contributed by atoms with van der Waals surface area (Å²) in [5.41, 5.74) is -2.47. The van der Waals surface area contributed by atoms with Crippen LogP contribution in [0.3, 0.4) is 0 Å². The van der Waals surface area contributed by atoms with Gasteiger partial charge < -0.3 is 38.7 Å². The number of ketones is 1. The number of carbonyl (C=O) groups excluding carboxylic acids is 3. The molecular formula is C28H34O11. The van der Waals surface area contributed by atoms with Crippen molar-refractivity contribution in [3.05, 3.63) is 24.2 Å². The fourth-order valence-corrected chi connectivity index (χ4v) is 9.84. The molecular weight excluding hydrogens is 512 g/mol. The van der Waals surface area contributed by atoms with Gasteiger partial charge in [0.05, 0.1) is 42.9 Å². The van der Waals surface area contributed by atoms with Crippen LogP contribution in [0.25, 0.3) is 0 Å². The second kappa shape index (κ2) is 8.13. The highest BCUT2D eigenvalue weighted by Gasteiger charge is 2.85. The molecule has 11 nitrogen and oxygen atoms in total. The van der Waals surface area contributed by atoms with Gasteiger partial charge in [0.15, 0.2) is 18.2 Å². The van der Waals surface area contributed by atoms with Crippen LogP contribution in [0.1, 0.15) is 51.5 Å². The molecule has 4 saturated carbocycles. The SMILES string of the molecule is CC(=O)OC1C(=O)C2C(C(O)CC3C4(C)C(O)OCC23C(O)CC4OC(C)=O)C23OC2CC(c2ccoc2)C13. The first-order valence-corrected chi connectivity index (χ1v) is 13.7. The highest BCUT2D eigenvalue weighted by molar-refractivity contribution is 5.91. The molecule has 6 aliphatic rings. The summed E-state index contributed by atoms with van der Waals surface area (Å²) in [7, 11) is 0. The molecule has 1 aromatic rings. The van der Waals surface area contributed by atoms with E-state index >= 15 is 0 Å². The van der Waals surface area contributed by atoms with Crippen molar-refractivity contribution in [1.29, 1.82) is 0 Å². The Hall–Kier alpha value is -2.31. The van der Waals surface area contributed by atoms with E-state index in [1.54, 1.807) is 19.5 Å². The Morgan fingerprint density at radius 2 is 1.79 bits per heavy atom. The Bertz CT molecular complexity index is 1210. The quantitative estimate of drug-likeness (QED) is 0.361. The Morgan fingerprint density at radius 1 is 1.05 bits per heavy atom. The Kier molecular flexibility index (Phi) is 5.34. The normalized spacial score (nSPS) is 53.1. The predicted molar refractivity (Wildman–Crippen MR) is 127 cm³/mol. The van der Waals surface area contributed by atoms with E-state index in [4.69, 9.17) is 23.4 Å². The van der Waals surface area contributed by atoms with E-state index in [2.05, 4.69) is 0 Å². The van der Waals surface area contributed by atoms with Crippen LogP contribution in [-0.4, -0.2) is 82.1 Å². The monoisotopic (exact) mass is 546 g/mol. The molecule has 2 aliphatic heterocycles. The number of carbonyl (C=O) groups is 3. The Morgan fingerprint density at radius 3 is 2.46 bits per heavy atom. The smallest absolute Gasteiger partial charge is 0.303 e. The molecule has 3 N–H and O–H groups in total. The van der Waals surface area contributed by atoms with Gasteiger partial charge >= 0.3 is 11.9 Å². The molecule has 39 heavy (non-hydrogen) atoms. The summed E-state index contributed by atoms with van der Waals surface area (Å²) >= 11 is 0. The number of fused-ring (bicyclic) bond motifs is 1. The van der Waals surface area contributed by atoms with Gasteiger partial charge in [-0.25, -0.2) is 0 Å². The molecule has 4 aliphatic carbocycles. The number of hydrogen-bond donors (Lipinski definition) is 3. The van der Waals surface area contributed by atoms with Gasteiger partial charge in [0, 0.05) is 43.4 Å². The maximum absolute atomic E-state index is 14.6. The van der Waals surface area contributed by atoms with Crippen LogP contribution in [0, 0.1) is 34.5 Å². The summed E-state index contributed by atoms with van der Waals surface area (Å²) in [6.07, 6.45) is -1.91. The molecule has 0 radical (unpaired) electrons. The van der Waals surface area contributed by atoms with Gasteiger partial charge in [0.1, 0.15) is 11.7 Å². The number of Topliss-reactive ketones (excluding diaryl/α,β-unsaturated/α-hetero) is 1. The van der Waals surface area contributed by atoms with Crippen molar-refractivity contribution in [2.24, 2.45) is 34.5 Å². The van der Waals surface area contributed by atoms with Crippen molar-refractivity contribution in [3.8, 4) is 0 Å². The maximum Gasteiger partial charge on any atom is 0.303 e. The molecule has 14 unspecified atom stereocenters. The first-order chi connectivity index (χ1) is 18.5. The van der Waals surface area contributed by atoms with Crippen LogP contribution in [0.15, 0.2) is 23.0 Å².